The Morgan fingerprint density at radius 1 is 0.810 bits per heavy atom. The van der Waals surface area contributed by atoms with Crippen LogP contribution in [0.3, 0.4) is 0 Å². The van der Waals surface area contributed by atoms with Crippen molar-refractivity contribution < 1.29 is 23.7 Å². The Morgan fingerprint density at radius 2 is 1.45 bits per heavy atom. The van der Waals surface area contributed by atoms with Crippen molar-refractivity contribution in [3.05, 3.63) is 98.5 Å². The molecular formula is C32H36ClN3O5S. The number of benzene rings is 3. The summed E-state index contributed by atoms with van der Waals surface area (Å²) in [6.07, 6.45) is 1.46. The zero-order valence-electron chi connectivity index (χ0n) is 24.3. The zero-order valence-corrected chi connectivity index (χ0v) is 25.9. The van der Waals surface area contributed by atoms with Crippen LogP contribution in [0.1, 0.15) is 32.2 Å². The second-order valence-corrected chi connectivity index (χ2v) is 11.0. The van der Waals surface area contributed by atoms with Gasteiger partial charge in [-0.25, -0.2) is 4.98 Å². The van der Waals surface area contributed by atoms with Gasteiger partial charge in [-0.15, -0.1) is 11.3 Å². The van der Waals surface area contributed by atoms with Crippen molar-refractivity contribution in [2.24, 2.45) is 0 Å². The van der Waals surface area contributed by atoms with Crippen LogP contribution < -0.4 is 24.3 Å². The van der Waals surface area contributed by atoms with Crippen molar-refractivity contribution in [2.45, 2.75) is 25.9 Å². The van der Waals surface area contributed by atoms with Crippen molar-refractivity contribution in [2.75, 3.05) is 41.5 Å². The highest BCUT2D eigenvalue weighted by Gasteiger charge is 2.15. The van der Waals surface area contributed by atoms with Crippen LogP contribution in [-0.4, -0.2) is 57.3 Å². The number of ether oxygens (including phenoxy) is 4. The molecule has 0 bridgehead atoms. The summed E-state index contributed by atoms with van der Waals surface area (Å²) in [6.45, 7) is 2.55. The Kier molecular flexibility index (Phi) is 11.5. The number of hydrogen-bond donors (Lipinski definition) is 1. The van der Waals surface area contributed by atoms with Gasteiger partial charge in [0.15, 0.2) is 23.0 Å². The predicted molar refractivity (Wildman–Crippen MR) is 167 cm³/mol. The third-order valence-corrected chi connectivity index (χ3v) is 7.82. The van der Waals surface area contributed by atoms with E-state index in [1.165, 1.54) is 11.3 Å². The lowest BCUT2D eigenvalue weighted by atomic mass is 10.1. The van der Waals surface area contributed by atoms with Gasteiger partial charge in [-0.1, -0.05) is 35.9 Å². The molecule has 8 nitrogen and oxygen atoms in total. The van der Waals surface area contributed by atoms with E-state index < -0.39 is 0 Å². The normalized spacial score (nSPS) is 10.9. The molecule has 222 valence electrons. The summed E-state index contributed by atoms with van der Waals surface area (Å²) in [4.78, 5) is 19.8. The first-order valence-electron chi connectivity index (χ1n) is 13.5. The third-order valence-electron chi connectivity index (χ3n) is 6.75. The van der Waals surface area contributed by atoms with Crippen LogP contribution in [0.25, 0.3) is 0 Å². The van der Waals surface area contributed by atoms with Gasteiger partial charge in [-0.2, -0.15) is 0 Å². The van der Waals surface area contributed by atoms with Crippen molar-refractivity contribution in [3.63, 3.8) is 0 Å². The average molecular weight is 610 g/mol. The molecule has 0 aliphatic rings. The van der Waals surface area contributed by atoms with Crippen molar-refractivity contribution in [1.82, 2.24) is 15.2 Å². The first-order chi connectivity index (χ1) is 20.4. The number of thiazole rings is 1. The minimum Gasteiger partial charge on any atom is -0.493 e. The molecule has 1 N–H and O–H groups in total. The summed E-state index contributed by atoms with van der Waals surface area (Å²) in [6, 6.07) is 19.6. The fourth-order valence-corrected chi connectivity index (χ4v) is 5.59. The summed E-state index contributed by atoms with van der Waals surface area (Å²) < 4.78 is 21.5. The summed E-state index contributed by atoms with van der Waals surface area (Å²) in [5.41, 5.74) is 3.71. The number of nitrogens with zero attached hydrogens (tertiary/aromatic N) is 2. The number of hydrogen-bond acceptors (Lipinski definition) is 8. The molecule has 0 unspecified atom stereocenters. The number of amides is 1. The molecule has 10 heteroatoms. The average Bonchev–Trinajstić information content (AvgIpc) is 3.48. The maximum atomic E-state index is 12.8. The Hall–Kier alpha value is -3.79. The van der Waals surface area contributed by atoms with E-state index in [1.807, 2.05) is 60.0 Å². The number of rotatable bonds is 15. The molecule has 0 aliphatic heterocycles. The summed E-state index contributed by atoms with van der Waals surface area (Å²) >= 11 is 7.75. The Balaban J connectivity index is 1.38. The van der Waals surface area contributed by atoms with Crippen LogP contribution >= 0.6 is 22.9 Å². The molecule has 0 spiro atoms. The molecule has 0 fully saturated rings. The standard InChI is InChI=1S/C32H36ClN3O5S/c1-38-27-10-8-22(17-29(27)40-3)12-14-34-32(37)26-21-42-31(35-26)20-36(19-24-6-5-7-25(33)16-24)15-13-23-9-11-28(39-2)30(18-23)41-4/h5-11,16-18,21H,12-15,19-20H2,1-4H3,(H,34,37). The molecule has 0 saturated heterocycles. The van der Waals surface area contributed by atoms with Crippen LogP contribution in [0.4, 0.5) is 0 Å². The highest BCUT2D eigenvalue weighted by Crippen LogP contribution is 2.29. The van der Waals surface area contributed by atoms with Gasteiger partial charge in [0.2, 0.25) is 0 Å². The molecule has 4 aromatic rings. The molecule has 0 aliphatic carbocycles. The van der Waals surface area contributed by atoms with E-state index in [2.05, 4.69) is 21.3 Å². The Labute approximate surface area is 256 Å². The lowest BCUT2D eigenvalue weighted by Gasteiger charge is -2.22. The SMILES string of the molecule is COc1ccc(CCNC(=O)c2csc(CN(CCc3ccc(OC)c(OC)c3)Cc3cccc(Cl)c3)n2)cc1OC. The number of nitrogens with one attached hydrogen (secondary N) is 1. The van der Waals surface area contributed by atoms with Crippen molar-refractivity contribution >= 4 is 28.8 Å². The van der Waals surface area contributed by atoms with E-state index in [-0.39, 0.29) is 5.91 Å². The molecular weight excluding hydrogens is 574 g/mol. The number of aromatic nitrogens is 1. The van der Waals surface area contributed by atoms with Gasteiger partial charge in [0.25, 0.3) is 5.91 Å². The van der Waals surface area contributed by atoms with Gasteiger partial charge in [-0.05, 0) is 65.9 Å². The van der Waals surface area contributed by atoms with Crippen LogP contribution in [0.15, 0.2) is 66.0 Å². The van der Waals surface area contributed by atoms with E-state index in [1.54, 1.807) is 28.4 Å². The minimum atomic E-state index is -0.190. The molecule has 42 heavy (non-hydrogen) atoms. The molecule has 3 aromatic carbocycles. The largest absolute Gasteiger partial charge is 0.493 e. The molecule has 1 aromatic heterocycles. The van der Waals surface area contributed by atoms with Crippen LogP contribution in [0.2, 0.25) is 5.02 Å². The van der Waals surface area contributed by atoms with E-state index >= 15 is 0 Å². The first-order valence-corrected chi connectivity index (χ1v) is 14.8. The second kappa shape index (κ2) is 15.4. The molecule has 0 radical (unpaired) electrons. The van der Waals surface area contributed by atoms with Gasteiger partial charge in [-0.3, -0.25) is 9.69 Å². The molecule has 0 saturated carbocycles. The maximum absolute atomic E-state index is 12.8. The lowest BCUT2D eigenvalue weighted by molar-refractivity contribution is 0.0949. The number of halogens is 1. The second-order valence-electron chi connectivity index (χ2n) is 9.60. The third kappa shape index (κ3) is 8.61. The van der Waals surface area contributed by atoms with Gasteiger partial charge in [0.1, 0.15) is 10.7 Å². The van der Waals surface area contributed by atoms with E-state index in [9.17, 15) is 4.79 Å². The van der Waals surface area contributed by atoms with E-state index in [0.29, 0.717) is 59.8 Å². The number of carbonyl (C=O) groups is 1. The van der Waals surface area contributed by atoms with Crippen LogP contribution in [-0.2, 0) is 25.9 Å². The number of methoxy groups -OCH3 is 4. The monoisotopic (exact) mass is 609 g/mol. The zero-order chi connectivity index (χ0) is 29.9. The molecule has 0 atom stereocenters. The Morgan fingerprint density at radius 3 is 2.07 bits per heavy atom. The van der Waals surface area contributed by atoms with Crippen LogP contribution in [0, 0.1) is 0 Å². The number of carbonyl (C=O) groups excluding carboxylic acids is 1. The van der Waals surface area contributed by atoms with Gasteiger partial charge < -0.3 is 24.3 Å². The van der Waals surface area contributed by atoms with E-state index in [0.717, 1.165) is 34.7 Å². The van der Waals surface area contributed by atoms with Crippen molar-refractivity contribution in [1.29, 1.82) is 0 Å². The molecule has 1 heterocycles. The highest BCUT2D eigenvalue weighted by atomic mass is 35.5. The summed E-state index contributed by atoms with van der Waals surface area (Å²) in [5.74, 6) is 2.56. The maximum Gasteiger partial charge on any atom is 0.270 e. The smallest absolute Gasteiger partial charge is 0.270 e. The summed E-state index contributed by atoms with van der Waals surface area (Å²) in [5, 5.41) is 6.36. The van der Waals surface area contributed by atoms with Gasteiger partial charge >= 0.3 is 0 Å². The minimum absolute atomic E-state index is 0.190. The Bertz CT molecular complexity index is 1480. The van der Waals surface area contributed by atoms with Gasteiger partial charge in [0.05, 0.1) is 35.0 Å². The van der Waals surface area contributed by atoms with Gasteiger partial charge in [0, 0.05) is 30.0 Å². The van der Waals surface area contributed by atoms with Crippen LogP contribution in [0.5, 0.6) is 23.0 Å². The topological polar surface area (TPSA) is 82.2 Å². The molecule has 4 rings (SSSR count). The fourth-order valence-electron chi connectivity index (χ4n) is 4.56. The predicted octanol–water partition coefficient (Wildman–Crippen LogP) is 6.05. The lowest BCUT2D eigenvalue weighted by Crippen LogP contribution is -2.27. The van der Waals surface area contributed by atoms with E-state index in [4.69, 9.17) is 30.5 Å². The quantitative estimate of drug-likeness (QED) is 0.176. The van der Waals surface area contributed by atoms with Crippen molar-refractivity contribution in [3.8, 4) is 23.0 Å². The fraction of sp³-hybridized carbons (Fsp3) is 0.312. The highest BCUT2D eigenvalue weighted by molar-refractivity contribution is 7.09. The first kappa shape index (κ1) is 31.2. The molecule has 1 amide bonds. The summed E-state index contributed by atoms with van der Waals surface area (Å²) in [7, 11) is 6.48.